The van der Waals surface area contributed by atoms with E-state index in [-0.39, 0.29) is 42.1 Å². The fourth-order valence-corrected chi connectivity index (χ4v) is 7.22. The van der Waals surface area contributed by atoms with Crippen molar-refractivity contribution in [1.29, 1.82) is 0 Å². The first-order valence-corrected chi connectivity index (χ1v) is 15.4. The lowest BCUT2D eigenvalue weighted by Crippen LogP contribution is -2.52. The smallest absolute Gasteiger partial charge is 0.251 e. The van der Waals surface area contributed by atoms with Gasteiger partial charge in [-0.2, -0.15) is 0 Å². The van der Waals surface area contributed by atoms with E-state index in [0.29, 0.717) is 24.4 Å². The van der Waals surface area contributed by atoms with Gasteiger partial charge in [-0.3, -0.25) is 14.4 Å². The van der Waals surface area contributed by atoms with E-state index >= 15 is 0 Å². The van der Waals surface area contributed by atoms with E-state index in [1.54, 1.807) is 28.4 Å². The molecule has 1 aromatic carbocycles. The first-order valence-electron chi connectivity index (χ1n) is 14.5. The zero-order valence-electron chi connectivity index (χ0n) is 23.5. The van der Waals surface area contributed by atoms with Crippen LogP contribution in [-0.2, 0) is 14.3 Å². The molecule has 40 heavy (non-hydrogen) atoms. The standard InChI is InChI=1S/C30H39N5O4S/c1-18(2)14-23(29(38)35-15-22(19-4-5-19)27-26(35)25(36)16-39-27)31-28(37)21-8-6-20(7-9-21)24-17-40-30(32-24)34-12-10-33(3)11-13-34/h6-9,17-19,22-23,26-27H,4-5,10-16H2,1-3H3,(H,31,37)/t22-,23+,26-,27-/m1/s1. The number of thiazole rings is 1. The van der Waals surface area contributed by atoms with Gasteiger partial charge in [-0.15, -0.1) is 11.3 Å². The summed E-state index contributed by atoms with van der Waals surface area (Å²) in [5.41, 5.74) is 2.35. The van der Waals surface area contributed by atoms with Crippen molar-refractivity contribution in [1.82, 2.24) is 20.1 Å². The fraction of sp³-hybridized carbons (Fsp3) is 0.600. The summed E-state index contributed by atoms with van der Waals surface area (Å²) in [6.07, 6.45) is 2.57. The van der Waals surface area contributed by atoms with Crippen LogP contribution in [0.5, 0.6) is 0 Å². The van der Waals surface area contributed by atoms with Gasteiger partial charge in [-0.05, 0) is 50.3 Å². The Morgan fingerprint density at radius 3 is 2.52 bits per heavy atom. The summed E-state index contributed by atoms with van der Waals surface area (Å²) >= 11 is 1.65. The molecule has 0 unspecified atom stereocenters. The van der Waals surface area contributed by atoms with Crippen LogP contribution in [0.1, 0.15) is 43.5 Å². The second-order valence-corrected chi connectivity index (χ2v) is 13.1. The highest BCUT2D eigenvalue weighted by Gasteiger charge is 2.56. The van der Waals surface area contributed by atoms with Crippen LogP contribution < -0.4 is 10.2 Å². The molecular formula is C30H39N5O4S. The summed E-state index contributed by atoms with van der Waals surface area (Å²) in [6, 6.07) is 6.20. The molecule has 6 rings (SSSR count). The van der Waals surface area contributed by atoms with Gasteiger partial charge in [0.05, 0.1) is 11.8 Å². The fourth-order valence-electron chi connectivity index (χ4n) is 6.33. The number of anilines is 1. The molecule has 1 saturated carbocycles. The molecule has 1 N–H and O–H groups in total. The van der Waals surface area contributed by atoms with Gasteiger partial charge in [-0.1, -0.05) is 26.0 Å². The Kier molecular flexibility index (Phi) is 7.67. The molecule has 10 heteroatoms. The lowest BCUT2D eigenvalue weighted by atomic mass is 9.97. The van der Waals surface area contributed by atoms with Gasteiger partial charge in [0.1, 0.15) is 18.7 Å². The zero-order chi connectivity index (χ0) is 28.0. The number of benzene rings is 1. The second kappa shape index (κ2) is 11.2. The van der Waals surface area contributed by atoms with Crippen LogP contribution >= 0.6 is 11.3 Å². The maximum Gasteiger partial charge on any atom is 0.251 e. The SMILES string of the molecule is CC(C)C[C@H](NC(=O)c1ccc(-c2csc(N3CCN(C)CC3)n2)cc1)C(=O)N1C[C@H](C2CC2)[C@H]2OCC(=O)[C@H]21. The van der Waals surface area contributed by atoms with Crippen LogP contribution in [0.25, 0.3) is 11.3 Å². The molecule has 1 aromatic heterocycles. The number of ether oxygens (including phenoxy) is 1. The highest BCUT2D eigenvalue weighted by Crippen LogP contribution is 2.46. The number of nitrogens with one attached hydrogen (secondary N) is 1. The molecule has 2 aromatic rings. The average molecular weight is 566 g/mol. The van der Waals surface area contributed by atoms with Gasteiger partial charge >= 0.3 is 0 Å². The van der Waals surface area contributed by atoms with Crippen molar-refractivity contribution >= 4 is 34.1 Å². The van der Waals surface area contributed by atoms with Gasteiger partial charge < -0.3 is 24.8 Å². The molecule has 4 aliphatic rings. The number of carbonyl (C=O) groups excluding carboxylic acids is 3. The number of nitrogens with zero attached hydrogens (tertiary/aromatic N) is 4. The summed E-state index contributed by atoms with van der Waals surface area (Å²) in [7, 11) is 2.14. The molecule has 1 aliphatic carbocycles. The highest BCUT2D eigenvalue weighted by molar-refractivity contribution is 7.14. The predicted octanol–water partition coefficient (Wildman–Crippen LogP) is 2.91. The van der Waals surface area contributed by atoms with Gasteiger partial charge in [0.25, 0.3) is 5.91 Å². The van der Waals surface area contributed by atoms with Gasteiger partial charge in [0.15, 0.2) is 10.9 Å². The van der Waals surface area contributed by atoms with Crippen molar-refractivity contribution < 1.29 is 19.1 Å². The number of aromatic nitrogens is 1. The van der Waals surface area contributed by atoms with Crippen LogP contribution in [0.3, 0.4) is 0 Å². The van der Waals surface area contributed by atoms with E-state index in [2.05, 4.69) is 27.5 Å². The van der Waals surface area contributed by atoms with E-state index in [1.807, 2.05) is 26.0 Å². The number of hydrogen-bond donors (Lipinski definition) is 1. The number of likely N-dealkylation sites (tertiary alicyclic amines) is 1. The predicted molar refractivity (Wildman–Crippen MR) is 154 cm³/mol. The van der Waals surface area contributed by atoms with Crippen LogP contribution in [0.15, 0.2) is 29.6 Å². The lowest BCUT2D eigenvalue weighted by Gasteiger charge is -2.32. The number of Topliss-reactive ketones (excluding diaryl/α,β-unsaturated/α-hetero) is 1. The molecule has 2 amide bonds. The first-order chi connectivity index (χ1) is 19.3. The van der Waals surface area contributed by atoms with Gasteiger partial charge in [0.2, 0.25) is 5.91 Å². The average Bonchev–Trinajstić information content (AvgIpc) is 3.36. The number of fused-ring (bicyclic) bond motifs is 1. The Bertz CT molecular complexity index is 1250. The Balaban J connectivity index is 1.13. The summed E-state index contributed by atoms with van der Waals surface area (Å²) in [4.78, 5) is 51.0. The van der Waals surface area contributed by atoms with Crippen molar-refractivity contribution in [2.45, 2.75) is 51.3 Å². The van der Waals surface area contributed by atoms with E-state index in [4.69, 9.17) is 9.72 Å². The summed E-state index contributed by atoms with van der Waals surface area (Å²) in [5.74, 6) is 0.461. The molecule has 3 aliphatic heterocycles. The third kappa shape index (κ3) is 5.53. The molecule has 0 spiro atoms. The number of carbonyl (C=O) groups is 3. The monoisotopic (exact) mass is 565 g/mol. The van der Waals surface area contributed by atoms with E-state index in [0.717, 1.165) is 55.4 Å². The topological polar surface area (TPSA) is 95.1 Å². The van der Waals surface area contributed by atoms with Crippen LogP contribution in [0.4, 0.5) is 5.13 Å². The number of ketones is 1. The summed E-state index contributed by atoms with van der Waals surface area (Å²) in [5, 5.41) is 6.09. The van der Waals surface area contributed by atoms with E-state index in [9.17, 15) is 14.4 Å². The molecule has 0 radical (unpaired) electrons. The molecule has 9 nitrogen and oxygen atoms in total. The molecule has 214 valence electrons. The van der Waals surface area contributed by atoms with Crippen molar-refractivity contribution in [2.24, 2.45) is 17.8 Å². The minimum absolute atomic E-state index is 0.0236. The van der Waals surface area contributed by atoms with Crippen molar-refractivity contribution in [3.05, 3.63) is 35.2 Å². The Labute approximate surface area is 239 Å². The maximum absolute atomic E-state index is 13.8. The molecule has 0 bridgehead atoms. The Hall–Kier alpha value is -2.82. The third-order valence-electron chi connectivity index (χ3n) is 8.75. The number of hydrogen-bond acceptors (Lipinski definition) is 8. The number of amides is 2. The van der Waals surface area contributed by atoms with Crippen molar-refractivity contribution in [3.63, 3.8) is 0 Å². The van der Waals surface area contributed by atoms with E-state index < -0.39 is 12.1 Å². The quantitative estimate of drug-likeness (QED) is 0.526. The summed E-state index contributed by atoms with van der Waals surface area (Å²) in [6.45, 7) is 8.69. The zero-order valence-corrected chi connectivity index (χ0v) is 24.4. The highest BCUT2D eigenvalue weighted by atomic mass is 32.1. The minimum atomic E-state index is -0.691. The van der Waals surface area contributed by atoms with Crippen LogP contribution in [0, 0.1) is 17.8 Å². The molecule has 4 fully saturated rings. The van der Waals surface area contributed by atoms with Crippen molar-refractivity contribution in [3.8, 4) is 11.3 Å². The molecular weight excluding hydrogens is 526 g/mol. The number of piperazine rings is 1. The largest absolute Gasteiger partial charge is 0.367 e. The third-order valence-corrected chi connectivity index (χ3v) is 9.66. The molecule has 4 heterocycles. The van der Waals surface area contributed by atoms with Gasteiger partial charge in [-0.25, -0.2) is 4.98 Å². The maximum atomic E-state index is 13.8. The lowest BCUT2D eigenvalue weighted by molar-refractivity contribution is -0.138. The van der Waals surface area contributed by atoms with Crippen LogP contribution in [-0.4, -0.2) is 96.9 Å². The normalized spacial score (nSPS) is 25.9. The Morgan fingerprint density at radius 1 is 1.12 bits per heavy atom. The Morgan fingerprint density at radius 2 is 1.85 bits per heavy atom. The molecule has 4 atom stereocenters. The number of likely N-dealkylation sites (N-methyl/N-ethyl adjacent to an activating group) is 1. The van der Waals surface area contributed by atoms with Gasteiger partial charge in [0, 0.05) is 55.1 Å². The van der Waals surface area contributed by atoms with Crippen LogP contribution in [0.2, 0.25) is 0 Å². The molecule has 3 saturated heterocycles. The first kappa shape index (κ1) is 27.4. The van der Waals surface area contributed by atoms with Crippen molar-refractivity contribution in [2.75, 3.05) is 51.3 Å². The minimum Gasteiger partial charge on any atom is -0.367 e. The van der Waals surface area contributed by atoms with E-state index in [1.165, 1.54) is 0 Å². The summed E-state index contributed by atoms with van der Waals surface area (Å²) < 4.78 is 5.84. The number of rotatable bonds is 8. The second-order valence-electron chi connectivity index (χ2n) is 12.2.